The Labute approximate surface area is 184 Å². The van der Waals surface area contributed by atoms with E-state index in [1.165, 1.54) is 31.5 Å². The van der Waals surface area contributed by atoms with Crippen LogP contribution in [0.15, 0.2) is 48.7 Å². The number of methoxy groups -OCH3 is 1. The first-order valence-electron chi connectivity index (χ1n) is 9.14. The fourth-order valence-corrected chi connectivity index (χ4v) is 3.79. The molecule has 0 spiro atoms. The van der Waals surface area contributed by atoms with Crippen molar-refractivity contribution in [3.05, 3.63) is 63.8 Å². The van der Waals surface area contributed by atoms with E-state index < -0.39 is 12.7 Å². The van der Waals surface area contributed by atoms with Crippen LogP contribution in [0.25, 0.3) is 0 Å². The van der Waals surface area contributed by atoms with Gasteiger partial charge in [0.25, 0.3) is 5.69 Å². The molecule has 0 aliphatic carbocycles. The summed E-state index contributed by atoms with van der Waals surface area (Å²) >= 11 is 6.13. The van der Waals surface area contributed by atoms with Crippen molar-refractivity contribution in [1.29, 1.82) is 0 Å². The summed E-state index contributed by atoms with van der Waals surface area (Å²) in [6.45, 7) is 3.78. The number of nitrogens with zero attached hydrogens (tertiary/aromatic N) is 3. The minimum Gasteiger partial charge on any atom is -0.494 e. The smallest absolute Gasteiger partial charge is 0.379 e. The van der Waals surface area contributed by atoms with Crippen molar-refractivity contribution < 1.29 is 19.0 Å². The quantitative estimate of drug-likeness (QED) is 0.267. The van der Waals surface area contributed by atoms with Crippen molar-refractivity contribution in [3.63, 3.8) is 0 Å². The number of non-ortho nitro benzene ring substituents is 1. The molecule has 0 amide bonds. The van der Waals surface area contributed by atoms with Gasteiger partial charge < -0.3 is 14.8 Å². The number of rotatable bonds is 8. The van der Waals surface area contributed by atoms with E-state index in [1.807, 2.05) is 13.8 Å². The lowest BCUT2D eigenvalue weighted by Gasteiger charge is -2.11. The molecule has 1 heterocycles. The zero-order chi connectivity index (χ0) is 22.5. The Bertz CT molecular complexity index is 1140. The number of nitrogens with one attached hydrogen (secondary N) is 1. The van der Waals surface area contributed by atoms with Crippen LogP contribution < -0.4 is 20.1 Å². The second-order valence-corrected chi connectivity index (χ2v) is 9.24. The van der Waals surface area contributed by atoms with Gasteiger partial charge in [-0.3, -0.25) is 10.1 Å². The molecular formula is C20H19ClN4O5P+. The van der Waals surface area contributed by atoms with Gasteiger partial charge in [-0.05, 0) is 32.0 Å². The molecule has 1 N–H and O–H groups in total. The first-order valence-corrected chi connectivity index (χ1v) is 10.9. The van der Waals surface area contributed by atoms with E-state index in [9.17, 15) is 14.7 Å². The maximum absolute atomic E-state index is 12.4. The van der Waals surface area contributed by atoms with Gasteiger partial charge in [0.2, 0.25) is 11.8 Å². The van der Waals surface area contributed by atoms with Crippen molar-refractivity contribution in [3.8, 4) is 17.4 Å². The summed E-state index contributed by atoms with van der Waals surface area (Å²) in [5, 5.41) is 14.8. The third kappa shape index (κ3) is 5.45. The lowest BCUT2D eigenvalue weighted by molar-refractivity contribution is -0.384. The summed E-state index contributed by atoms with van der Waals surface area (Å²) in [7, 11) is -0.0418. The number of halogens is 1. The average molecular weight is 462 g/mol. The predicted octanol–water partition coefficient (Wildman–Crippen LogP) is 5.44. The molecule has 1 atom stereocenters. The normalized spacial score (nSPS) is 11.2. The van der Waals surface area contributed by atoms with Gasteiger partial charge >= 0.3 is 7.80 Å². The second kappa shape index (κ2) is 9.68. The number of hydrogen-bond donors (Lipinski definition) is 1. The molecule has 2 aromatic carbocycles. The summed E-state index contributed by atoms with van der Waals surface area (Å²) in [4.78, 5) is 18.8. The number of aromatic nitrogens is 2. The van der Waals surface area contributed by atoms with Gasteiger partial charge in [0.15, 0.2) is 11.0 Å². The van der Waals surface area contributed by atoms with Crippen LogP contribution in [-0.2, 0) is 4.57 Å². The molecule has 3 aromatic rings. The highest BCUT2D eigenvalue weighted by Crippen LogP contribution is 2.34. The van der Waals surface area contributed by atoms with Crippen LogP contribution in [-0.4, -0.2) is 27.7 Å². The minimum absolute atomic E-state index is 0.00614. The Balaban J connectivity index is 1.86. The molecular weight excluding hydrogens is 443 g/mol. The molecule has 1 aromatic heterocycles. The van der Waals surface area contributed by atoms with E-state index in [1.54, 1.807) is 24.3 Å². The van der Waals surface area contributed by atoms with Crippen molar-refractivity contribution >= 4 is 42.0 Å². The van der Waals surface area contributed by atoms with Crippen LogP contribution in [0.2, 0.25) is 5.02 Å². The third-order valence-electron chi connectivity index (χ3n) is 4.11. The SMILES string of the molecule is COc1cc([P+](=O)C(C)C)ccc1Nc1ncc(Cl)c(Oc2cccc([N+](=O)[O-])c2)n1. The van der Waals surface area contributed by atoms with Crippen molar-refractivity contribution in [2.75, 3.05) is 12.4 Å². The van der Waals surface area contributed by atoms with Gasteiger partial charge in [0.05, 0.1) is 30.0 Å². The predicted molar refractivity (Wildman–Crippen MR) is 119 cm³/mol. The van der Waals surface area contributed by atoms with Crippen molar-refractivity contribution in [1.82, 2.24) is 9.97 Å². The van der Waals surface area contributed by atoms with E-state index >= 15 is 0 Å². The van der Waals surface area contributed by atoms with Gasteiger partial charge in [-0.15, -0.1) is 0 Å². The highest BCUT2D eigenvalue weighted by Gasteiger charge is 2.25. The van der Waals surface area contributed by atoms with E-state index in [4.69, 9.17) is 21.1 Å². The minimum atomic E-state index is -1.55. The summed E-state index contributed by atoms with van der Waals surface area (Å²) in [6.07, 6.45) is 1.35. The van der Waals surface area contributed by atoms with Crippen LogP contribution >= 0.6 is 19.4 Å². The van der Waals surface area contributed by atoms with Crippen LogP contribution in [0.5, 0.6) is 17.4 Å². The maximum atomic E-state index is 12.4. The van der Waals surface area contributed by atoms with Crippen LogP contribution in [0.1, 0.15) is 13.8 Å². The summed E-state index contributed by atoms with van der Waals surface area (Å²) < 4.78 is 23.4. The number of anilines is 2. The lowest BCUT2D eigenvalue weighted by atomic mass is 10.3. The van der Waals surface area contributed by atoms with Gasteiger partial charge in [-0.25, -0.2) is 4.98 Å². The molecule has 1 unspecified atom stereocenters. The Kier molecular flexibility index (Phi) is 6.99. The molecule has 0 aliphatic rings. The number of benzene rings is 2. The summed E-state index contributed by atoms with van der Waals surface area (Å²) in [5.74, 6) is 0.878. The lowest BCUT2D eigenvalue weighted by Crippen LogP contribution is -2.06. The fraction of sp³-hybridized carbons (Fsp3) is 0.200. The Morgan fingerprint density at radius 2 is 2.00 bits per heavy atom. The third-order valence-corrected chi connectivity index (χ3v) is 6.09. The summed E-state index contributed by atoms with van der Waals surface area (Å²) in [6, 6.07) is 10.8. The molecule has 0 fully saturated rings. The average Bonchev–Trinajstić information content (AvgIpc) is 2.76. The molecule has 31 heavy (non-hydrogen) atoms. The summed E-state index contributed by atoms with van der Waals surface area (Å²) in [5.41, 5.74) is 0.444. The van der Waals surface area contributed by atoms with Gasteiger partial charge in [0.1, 0.15) is 16.5 Å². The maximum Gasteiger partial charge on any atom is 0.379 e. The molecule has 11 heteroatoms. The largest absolute Gasteiger partial charge is 0.494 e. The van der Waals surface area contributed by atoms with Crippen molar-refractivity contribution in [2.24, 2.45) is 0 Å². The van der Waals surface area contributed by atoms with Gasteiger partial charge in [0, 0.05) is 12.1 Å². The van der Waals surface area contributed by atoms with Crippen LogP contribution in [0.4, 0.5) is 17.3 Å². The molecule has 3 rings (SSSR count). The van der Waals surface area contributed by atoms with E-state index in [2.05, 4.69) is 15.3 Å². The number of ether oxygens (including phenoxy) is 2. The standard InChI is InChI=1S/C20H19ClN4O5P/c1-12(2)31(28)15-7-8-17(18(10-15)29-3)23-20-22-11-16(21)19(24-20)30-14-6-4-5-13(9-14)25(26)27/h4-12H,1-3H3,(H,22,23,24)/q+1. The van der Waals surface area contributed by atoms with E-state index in [-0.39, 0.29) is 33.9 Å². The molecule has 0 bridgehead atoms. The number of nitro benzene ring substituents is 1. The van der Waals surface area contributed by atoms with Crippen LogP contribution in [0, 0.1) is 10.1 Å². The molecule has 160 valence electrons. The van der Waals surface area contributed by atoms with Gasteiger partial charge in [-0.2, -0.15) is 4.98 Å². The zero-order valence-corrected chi connectivity index (χ0v) is 18.6. The highest BCUT2D eigenvalue weighted by molar-refractivity contribution is 7.54. The van der Waals surface area contributed by atoms with Crippen molar-refractivity contribution in [2.45, 2.75) is 19.5 Å². The molecule has 0 aliphatic heterocycles. The first kappa shape index (κ1) is 22.4. The Hall–Kier alpha value is -3.29. The molecule has 9 nitrogen and oxygen atoms in total. The molecule has 0 saturated heterocycles. The van der Waals surface area contributed by atoms with E-state index in [0.29, 0.717) is 16.7 Å². The zero-order valence-electron chi connectivity index (χ0n) is 16.9. The molecule has 0 radical (unpaired) electrons. The van der Waals surface area contributed by atoms with Gasteiger partial charge in [-0.1, -0.05) is 22.2 Å². The topological polar surface area (TPSA) is 116 Å². The monoisotopic (exact) mass is 461 g/mol. The van der Waals surface area contributed by atoms with E-state index in [0.717, 1.165) is 0 Å². The van der Waals surface area contributed by atoms with Crippen LogP contribution in [0.3, 0.4) is 0 Å². The molecule has 0 saturated carbocycles. The second-order valence-electron chi connectivity index (χ2n) is 6.63. The fourth-order valence-electron chi connectivity index (χ4n) is 2.59. The Morgan fingerprint density at radius 1 is 1.23 bits per heavy atom. The number of nitro groups is 1. The Morgan fingerprint density at radius 3 is 2.68 bits per heavy atom. The first-order chi connectivity index (χ1) is 14.8. The number of hydrogen-bond acceptors (Lipinski definition) is 8. The highest BCUT2D eigenvalue weighted by atomic mass is 35.5.